The largest absolute Gasteiger partial charge is 0.337 e. The average Bonchev–Trinajstić information content (AvgIpc) is 2.73. The lowest BCUT2D eigenvalue weighted by atomic mass is 10.3. The number of nitrogens with one attached hydrogen (secondary N) is 1. The highest BCUT2D eigenvalue weighted by atomic mass is 35.5. The Labute approximate surface area is 96.3 Å². The minimum atomic E-state index is 0.375. The number of imidazole rings is 1. The molecule has 2 aromatic heterocycles. The molecule has 16 heavy (non-hydrogen) atoms. The number of aromatic nitrogens is 4. The van der Waals surface area contributed by atoms with Gasteiger partial charge in [-0.3, -0.25) is 0 Å². The highest BCUT2D eigenvalue weighted by Gasteiger charge is 2.06. The van der Waals surface area contributed by atoms with Gasteiger partial charge in [0.25, 0.3) is 0 Å². The van der Waals surface area contributed by atoms with Gasteiger partial charge in [-0.1, -0.05) is 23.7 Å². The van der Waals surface area contributed by atoms with Gasteiger partial charge in [0.15, 0.2) is 11.0 Å². The number of para-hydroxylation sites is 2. The van der Waals surface area contributed by atoms with Gasteiger partial charge in [-0.15, -0.1) is 10.2 Å². The number of nitrogens with zero attached hydrogens (tertiary/aromatic N) is 3. The first kappa shape index (κ1) is 9.30. The first-order valence-electron chi connectivity index (χ1n) is 4.77. The monoisotopic (exact) mass is 230 g/mol. The van der Waals surface area contributed by atoms with Crippen LogP contribution >= 0.6 is 11.6 Å². The number of hydrogen-bond acceptors (Lipinski definition) is 3. The van der Waals surface area contributed by atoms with Crippen molar-refractivity contribution in [2.45, 2.75) is 0 Å². The molecule has 5 heteroatoms. The minimum absolute atomic E-state index is 0.375. The standard InChI is InChI=1S/C11H7ClN4/c12-10-6-5-9(15-16-10)11-13-7-3-1-2-4-8(7)14-11/h1-6H,(H,13,14). The van der Waals surface area contributed by atoms with E-state index in [1.807, 2.05) is 24.3 Å². The first-order chi connectivity index (χ1) is 7.83. The Balaban J connectivity index is 2.15. The van der Waals surface area contributed by atoms with Gasteiger partial charge in [-0.25, -0.2) is 4.98 Å². The Hall–Kier alpha value is -1.94. The van der Waals surface area contributed by atoms with Gasteiger partial charge < -0.3 is 4.98 Å². The SMILES string of the molecule is Clc1ccc(-c2nc3ccccc3[nH]2)nn1. The smallest absolute Gasteiger partial charge is 0.159 e. The number of halogens is 1. The zero-order valence-electron chi connectivity index (χ0n) is 8.18. The van der Waals surface area contributed by atoms with Crippen molar-refractivity contribution in [2.75, 3.05) is 0 Å². The molecule has 1 N–H and O–H groups in total. The maximum absolute atomic E-state index is 5.67. The summed E-state index contributed by atoms with van der Waals surface area (Å²) in [6.45, 7) is 0. The van der Waals surface area contributed by atoms with Gasteiger partial charge in [-0.2, -0.15) is 0 Å². The normalized spacial score (nSPS) is 10.8. The van der Waals surface area contributed by atoms with Crippen LogP contribution in [0, 0.1) is 0 Å². The van der Waals surface area contributed by atoms with Gasteiger partial charge >= 0.3 is 0 Å². The van der Waals surface area contributed by atoms with Crippen molar-refractivity contribution in [3.63, 3.8) is 0 Å². The molecule has 0 radical (unpaired) electrons. The van der Waals surface area contributed by atoms with E-state index in [1.54, 1.807) is 12.1 Å². The van der Waals surface area contributed by atoms with Crippen LogP contribution in [0.4, 0.5) is 0 Å². The Bertz CT molecular complexity index is 597. The molecule has 0 bridgehead atoms. The summed E-state index contributed by atoms with van der Waals surface area (Å²) in [4.78, 5) is 7.59. The first-order valence-corrected chi connectivity index (χ1v) is 5.15. The molecule has 0 spiro atoms. The van der Waals surface area contributed by atoms with Gasteiger partial charge in [0.2, 0.25) is 0 Å². The van der Waals surface area contributed by atoms with Crippen LogP contribution in [0.2, 0.25) is 5.15 Å². The number of fused-ring (bicyclic) bond motifs is 1. The molecule has 2 heterocycles. The van der Waals surface area contributed by atoms with Gasteiger partial charge in [0.1, 0.15) is 5.69 Å². The van der Waals surface area contributed by atoms with Gasteiger partial charge in [0, 0.05) is 0 Å². The molecule has 0 aliphatic carbocycles. The summed E-state index contributed by atoms with van der Waals surface area (Å²) in [5.74, 6) is 0.699. The summed E-state index contributed by atoms with van der Waals surface area (Å²) < 4.78 is 0. The third-order valence-corrected chi connectivity index (χ3v) is 2.47. The van der Waals surface area contributed by atoms with Crippen LogP contribution in [0.5, 0.6) is 0 Å². The molecule has 0 aliphatic heterocycles. The van der Waals surface area contributed by atoms with Crippen molar-refractivity contribution < 1.29 is 0 Å². The minimum Gasteiger partial charge on any atom is -0.337 e. The van der Waals surface area contributed by atoms with E-state index in [-0.39, 0.29) is 0 Å². The van der Waals surface area contributed by atoms with E-state index in [0.29, 0.717) is 16.7 Å². The summed E-state index contributed by atoms with van der Waals surface area (Å²) in [7, 11) is 0. The van der Waals surface area contributed by atoms with Crippen molar-refractivity contribution in [1.82, 2.24) is 20.2 Å². The molecule has 0 fully saturated rings. The van der Waals surface area contributed by atoms with E-state index < -0.39 is 0 Å². The quantitative estimate of drug-likeness (QED) is 0.699. The molecule has 78 valence electrons. The number of hydrogen-bond donors (Lipinski definition) is 1. The molecule has 0 aliphatic rings. The second-order valence-corrected chi connectivity index (χ2v) is 3.73. The number of benzene rings is 1. The molecule has 0 amide bonds. The highest BCUT2D eigenvalue weighted by Crippen LogP contribution is 2.18. The molecule has 0 unspecified atom stereocenters. The van der Waals surface area contributed by atoms with Crippen LogP contribution in [0.25, 0.3) is 22.6 Å². The van der Waals surface area contributed by atoms with E-state index >= 15 is 0 Å². The molecule has 4 nitrogen and oxygen atoms in total. The topological polar surface area (TPSA) is 54.5 Å². The Morgan fingerprint density at radius 1 is 1.00 bits per heavy atom. The van der Waals surface area contributed by atoms with Gasteiger partial charge in [-0.05, 0) is 24.3 Å². The van der Waals surface area contributed by atoms with Crippen molar-refractivity contribution in [2.24, 2.45) is 0 Å². The highest BCUT2D eigenvalue weighted by molar-refractivity contribution is 6.29. The number of H-pyrrole nitrogens is 1. The molecule has 0 saturated heterocycles. The van der Waals surface area contributed by atoms with Crippen LogP contribution in [-0.4, -0.2) is 20.2 Å². The van der Waals surface area contributed by atoms with E-state index in [4.69, 9.17) is 11.6 Å². The van der Waals surface area contributed by atoms with E-state index in [9.17, 15) is 0 Å². The molecule has 1 aromatic carbocycles. The predicted octanol–water partition coefficient (Wildman–Crippen LogP) is 2.67. The van der Waals surface area contributed by atoms with Crippen LogP contribution in [0.3, 0.4) is 0 Å². The molecular formula is C11H7ClN4. The Morgan fingerprint density at radius 2 is 1.88 bits per heavy atom. The number of rotatable bonds is 1. The summed E-state index contributed by atoms with van der Waals surface area (Å²) >= 11 is 5.67. The summed E-state index contributed by atoms with van der Waals surface area (Å²) in [6, 6.07) is 11.3. The third-order valence-electron chi connectivity index (χ3n) is 2.26. The zero-order chi connectivity index (χ0) is 11.0. The second-order valence-electron chi connectivity index (χ2n) is 3.34. The maximum atomic E-state index is 5.67. The fourth-order valence-corrected chi connectivity index (χ4v) is 1.62. The van der Waals surface area contributed by atoms with Crippen LogP contribution < -0.4 is 0 Å². The van der Waals surface area contributed by atoms with E-state index in [2.05, 4.69) is 20.2 Å². The fraction of sp³-hybridized carbons (Fsp3) is 0. The van der Waals surface area contributed by atoms with Crippen LogP contribution in [-0.2, 0) is 0 Å². The second kappa shape index (κ2) is 3.57. The van der Waals surface area contributed by atoms with Crippen LogP contribution in [0.1, 0.15) is 0 Å². The third kappa shape index (κ3) is 1.53. The summed E-state index contributed by atoms with van der Waals surface area (Å²) in [5.41, 5.74) is 2.57. The van der Waals surface area contributed by atoms with E-state index in [1.165, 1.54) is 0 Å². The lowest BCUT2D eigenvalue weighted by Gasteiger charge is -1.93. The van der Waals surface area contributed by atoms with Crippen molar-refractivity contribution in [3.05, 3.63) is 41.6 Å². The van der Waals surface area contributed by atoms with Crippen molar-refractivity contribution in [3.8, 4) is 11.5 Å². The number of aromatic amines is 1. The van der Waals surface area contributed by atoms with Crippen LogP contribution in [0.15, 0.2) is 36.4 Å². The molecular weight excluding hydrogens is 224 g/mol. The van der Waals surface area contributed by atoms with Crippen molar-refractivity contribution in [1.29, 1.82) is 0 Å². The van der Waals surface area contributed by atoms with Crippen molar-refractivity contribution >= 4 is 22.6 Å². The molecule has 0 atom stereocenters. The summed E-state index contributed by atoms with van der Waals surface area (Å²) in [5, 5.41) is 8.12. The average molecular weight is 231 g/mol. The predicted molar refractivity (Wildman–Crippen MR) is 62.1 cm³/mol. The zero-order valence-corrected chi connectivity index (χ0v) is 8.94. The Kier molecular flexibility index (Phi) is 2.08. The summed E-state index contributed by atoms with van der Waals surface area (Å²) in [6.07, 6.45) is 0. The molecule has 3 rings (SSSR count). The molecule has 3 aromatic rings. The maximum Gasteiger partial charge on any atom is 0.159 e. The Morgan fingerprint density at radius 3 is 2.62 bits per heavy atom. The van der Waals surface area contributed by atoms with Gasteiger partial charge in [0.05, 0.1) is 11.0 Å². The lowest BCUT2D eigenvalue weighted by Crippen LogP contribution is -1.88. The fourth-order valence-electron chi connectivity index (χ4n) is 1.52. The molecule has 0 saturated carbocycles. The lowest BCUT2D eigenvalue weighted by molar-refractivity contribution is 1.02. The van der Waals surface area contributed by atoms with E-state index in [0.717, 1.165) is 11.0 Å².